The topological polar surface area (TPSA) is 75.7 Å². The second-order valence-electron chi connectivity index (χ2n) is 6.85. The molecule has 1 aliphatic heterocycles. The van der Waals surface area contributed by atoms with Crippen molar-refractivity contribution >= 4 is 33.4 Å². The van der Waals surface area contributed by atoms with E-state index in [0.29, 0.717) is 31.1 Å². The van der Waals surface area contributed by atoms with Crippen LogP contribution < -0.4 is 10.1 Å². The number of carbonyl (C=O) groups is 1. The lowest BCUT2D eigenvalue weighted by atomic mass is 10.2. The fourth-order valence-electron chi connectivity index (χ4n) is 3.17. The fourth-order valence-corrected chi connectivity index (χ4v) is 5.41. The summed E-state index contributed by atoms with van der Waals surface area (Å²) in [5, 5.41) is 2.75. The van der Waals surface area contributed by atoms with E-state index in [1.807, 2.05) is 6.92 Å². The molecule has 1 amide bonds. The molecule has 1 aliphatic rings. The average molecular weight is 453 g/mol. The molecule has 1 N–H and O–H groups in total. The lowest BCUT2D eigenvalue weighted by Gasteiger charge is -2.26. The summed E-state index contributed by atoms with van der Waals surface area (Å²) in [5.74, 6) is -0.134. The van der Waals surface area contributed by atoms with Crippen LogP contribution in [0.15, 0.2) is 52.3 Å². The number of thioether (sulfide) groups is 1. The average Bonchev–Trinajstić information content (AvgIpc) is 2.75. The van der Waals surface area contributed by atoms with E-state index in [1.165, 1.54) is 40.3 Å². The van der Waals surface area contributed by atoms with E-state index in [0.717, 1.165) is 24.2 Å². The van der Waals surface area contributed by atoms with Crippen LogP contribution in [0.25, 0.3) is 0 Å². The number of piperidine rings is 1. The quantitative estimate of drug-likeness (QED) is 0.610. The van der Waals surface area contributed by atoms with Gasteiger partial charge in [-0.05, 0) is 62.2 Å². The van der Waals surface area contributed by atoms with Crippen LogP contribution in [0.5, 0.6) is 5.75 Å². The number of hydrogen-bond acceptors (Lipinski definition) is 5. The molecule has 0 aromatic heterocycles. The number of hydrogen-bond donors (Lipinski definition) is 1. The van der Waals surface area contributed by atoms with Gasteiger partial charge < -0.3 is 10.1 Å². The Kier molecular flexibility index (Phi) is 7.74. The van der Waals surface area contributed by atoms with E-state index in [4.69, 9.17) is 4.74 Å². The number of ether oxygens (including phenoxy) is 1. The second kappa shape index (κ2) is 10.3. The molecule has 6 nitrogen and oxygen atoms in total. The Bertz CT molecular complexity index is 975. The van der Waals surface area contributed by atoms with Gasteiger partial charge in [0.1, 0.15) is 11.6 Å². The fraction of sp³-hybridized carbons (Fsp3) is 0.381. The van der Waals surface area contributed by atoms with Gasteiger partial charge in [-0.1, -0.05) is 6.42 Å². The van der Waals surface area contributed by atoms with Gasteiger partial charge in [-0.2, -0.15) is 4.31 Å². The Balaban J connectivity index is 1.75. The number of halogens is 1. The summed E-state index contributed by atoms with van der Waals surface area (Å²) in [5.41, 5.74) is 0.319. The van der Waals surface area contributed by atoms with Gasteiger partial charge in [0.05, 0.1) is 22.9 Å². The molecule has 3 rings (SSSR count). The first-order chi connectivity index (χ1) is 14.4. The van der Waals surface area contributed by atoms with Crippen LogP contribution in [-0.4, -0.2) is 44.1 Å². The molecule has 0 bridgehead atoms. The van der Waals surface area contributed by atoms with Crippen molar-refractivity contribution < 1.29 is 22.3 Å². The van der Waals surface area contributed by atoms with Gasteiger partial charge in [-0.15, -0.1) is 11.8 Å². The Labute approximate surface area is 180 Å². The number of rotatable bonds is 8. The molecule has 9 heteroatoms. The molecule has 2 aromatic rings. The van der Waals surface area contributed by atoms with Crippen LogP contribution in [0, 0.1) is 5.82 Å². The molecule has 0 atom stereocenters. The zero-order valence-corrected chi connectivity index (χ0v) is 18.4. The van der Waals surface area contributed by atoms with Gasteiger partial charge in [0.15, 0.2) is 0 Å². The molecular weight excluding hydrogens is 427 g/mol. The highest BCUT2D eigenvalue weighted by molar-refractivity contribution is 8.00. The maximum absolute atomic E-state index is 13.0. The van der Waals surface area contributed by atoms with Crippen molar-refractivity contribution in [2.24, 2.45) is 0 Å². The minimum Gasteiger partial charge on any atom is -0.492 e. The van der Waals surface area contributed by atoms with E-state index in [1.54, 1.807) is 18.2 Å². The molecule has 0 aliphatic carbocycles. The molecule has 30 heavy (non-hydrogen) atoms. The van der Waals surface area contributed by atoms with Crippen LogP contribution in [-0.2, 0) is 14.8 Å². The summed E-state index contributed by atoms with van der Waals surface area (Å²) >= 11 is 1.26. The lowest BCUT2D eigenvalue weighted by Crippen LogP contribution is -2.35. The first-order valence-electron chi connectivity index (χ1n) is 9.85. The highest BCUT2D eigenvalue weighted by atomic mass is 32.2. The monoisotopic (exact) mass is 452 g/mol. The molecule has 1 heterocycles. The lowest BCUT2D eigenvalue weighted by molar-refractivity contribution is -0.113. The first kappa shape index (κ1) is 22.6. The third kappa shape index (κ3) is 5.74. The Hall–Kier alpha value is -2.10. The van der Waals surface area contributed by atoms with Gasteiger partial charge in [-0.3, -0.25) is 4.79 Å². The van der Waals surface area contributed by atoms with Crippen LogP contribution >= 0.6 is 11.8 Å². The smallest absolute Gasteiger partial charge is 0.243 e. The largest absolute Gasteiger partial charge is 0.492 e. The summed E-state index contributed by atoms with van der Waals surface area (Å²) in [7, 11) is -3.63. The highest BCUT2D eigenvalue weighted by Gasteiger charge is 2.27. The molecule has 1 saturated heterocycles. The third-order valence-electron chi connectivity index (χ3n) is 4.66. The number of carbonyl (C=O) groups excluding carboxylic acids is 1. The van der Waals surface area contributed by atoms with E-state index in [2.05, 4.69) is 5.32 Å². The van der Waals surface area contributed by atoms with Crippen molar-refractivity contribution in [3.63, 3.8) is 0 Å². The van der Waals surface area contributed by atoms with Crippen molar-refractivity contribution in [2.45, 2.75) is 36.0 Å². The zero-order valence-electron chi connectivity index (χ0n) is 16.8. The minimum absolute atomic E-state index is 0.0975. The van der Waals surface area contributed by atoms with Crippen LogP contribution in [0.4, 0.5) is 10.1 Å². The van der Waals surface area contributed by atoms with Gasteiger partial charge in [0, 0.05) is 18.0 Å². The molecular formula is C21H25FN2O4S2. The number of sulfonamides is 1. The molecule has 1 fully saturated rings. The Morgan fingerprint density at radius 2 is 1.83 bits per heavy atom. The number of nitrogens with one attached hydrogen (secondary N) is 1. The van der Waals surface area contributed by atoms with E-state index >= 15 is 0 Å². The number of anilines is 1. The second-order valence-corrected chi connectivity index (χ2v) is 9.83. The molecule has 0 spiro atoms. The molecule has 0 radical (unpaired) electrons. The van der Waals surface area contributed by atoms with E-state index in [9.17, 15) is 17.6 Å². The Morgan fingerprint density at radius 1 is 1.13 bits per heavy atom. The number of benzene rings is 2. The predicted octanol–water partition coefficient (Wildman–Crippen LogP) is 4.13. The van der Waals surface area contributed by atoms with Gasteiger partial charge >= 0.3 is 0 Å². The van der Waals surface area contributed by atoms with Crippen LogP contribution in [0.3, 0.4) is 0 Å². The molecule has 162 valence electrons. The van der Waals surface area contributed by atoms with Crippen molar-refractivity contribution in [1.29, 1.82) is 0 Å². The summed E-state index contributed by atoms with van der Waals surface area (Å²) in [6, 6.07) is 10.4. The van der Waals surface area contributed by atoms with Gasteiger partial charge in [0.25, 0.3) is 0 Å². The van der Waals surface area contributed by atoms with Crippen molar-refractivity contribution in [1.82, 2.24) is 4.31 Å². The standard InChI is InChI=1S/C21H25FN2O4S2/c1-2-28-20-11-10-18(30(26,27)24-12-4-3-5-13-24)14-19(20)23-21(25)15-29-17-8-6-16(22)7-9-17/h6-11,14H,2-5,12-13,15H2,1H3,(H,23,25). The summed E-state index contributed by atoms with van der Waals surface area (Å²) in [6.45, 7) is 3.21. The summed E-state index contributed by atoms with van der Waals surface area (Å²) < 4.78 is 46.0. The first-order valence-corrected chi connectivity index (χ1v) is 12.3. The highest BCUT2D eigenvalue weighted by Crippen LogP contribution is 2.30. The summed E-state index contributed by atoms with van der Waals surface area (Å²) in [6.07, 6.45) is 2.73. The van der Waals surface area contributed by atoms with E-state index in [-0.39, 0.29) is 22.4 Å². The maximum atomic E-state index is 13.0. The maximum Gasteiger partial charge on any atom is 0.243 e. The number of nitrogens with zero attached hydrogens (tertiary/aromatic N) is 1. The van der Waals surface area contributed by atoms with Crippen molar-refractivity contribution in [2.75, 3.05) is 30.8 Å². The van der Waals surface area contributed by atoms with Gasteiger partial charge in [-0.25, -0.2) is 12.8 Å². The van der Waals surface area contributed by atoms with Crippen LogP contribution in [0.2, 0.25) is 0 Å². The molecule has 0 unspecified atom stereocenters. The Morgan fingerprint density at radius 3 is 2.50 bits per heavy atom. The third-order valence-corrected chi connectivity index (χ3v) is 7.57. The molecule has 0 saturated carbocycles. The van der Waals surface area contributed by atoms with Crippen LogP contribution in [0.1, 0.15) is 26.2 Å². The van der Waals surface area contributed by atoms with Crippen molar-refractivity contribution in [3.05, 3.63) is 48.3 Å². The SMILES string of the molecule is CCOc1ccc(S(=O)(=O)N2CCCCC2)cc1NC(=O)CSc1ccc(F)cc1. The predicted molar refractivity (Wildman–Crippen MR) is 116 cm³/mol. The molecule has 2 aromatic carbocycles. The normalized spacial score (nSPS) is 15.0. The van der Waals surface area contributed by atoms with E-state index < -0.39 is 10.0 Å². The zero-order chi connectivity index (χ0) is 21.6. The summed E-state index contributed by atoms with van der Waals surface area (Å²) in [4.78, 5) is 13.3. The number of amides is 1. The minimum atomic E-state index is -3.63. The van der Waals surface area contributed by atoms with Crippen molar-refractivity contribution in [3.8, 4) is 5.75 Å². The van der Waals surface area contributed by atoms with Gasteiger partial charge in [0.2, 0.25) is 15.9 Å².